The number of rotatable bonds is 5. The van der Waals surface area contributed by atoms with Crippen LogP contribution in [0.1, 0.15) is 19.9 Å². The van der Waals surface area contributed by atoms with E-state index in [-0.39, 0.29) is 16.5 Å². The number of methoxy groups -OCH3 is 3. The zero-order chi connectivity index (χ0) is 20.9. The van der Waals surface area contributed by atoms with E-state index in [4.69, 9.17) is 14.2 Å². The minimum absolute atomic E-state index is 0.0318. The molecule has 9 nitrogen and oxygen atoms in total. The van der Waals surface area contributed by atoms with Crippen LogP contribution in [0.5, 0.6) is 17.2 Å². The second-order valence-electron chi connectivity index (χ2n) is 6.69. The number of nitrogens with one attached hydrogen (secondary N) is 2. The van der Waals surface area contributed by atoms with Crippen molar-refractivity contribution in [1.82, 2.24) is 19.7 Å². The van der Waals surface area contributed by atoms with Gasteiger partial charge in [0.1, 0.15) is 5.75 Å². The van der Waals surface area contributed by atoms with Gasteiger partial charge in [0.05, 0.1) is 31.4 Å². The molecule has 1 aromatic carbocycles. The minimum atomic E-state index is -0.296. The van der Waals surface area contributed by atoms with Crippen LogP contribution in [0.4, 0.5) is 0 Å². The van der Waals surface area contributed by atoms with Gasteiger partial charge in [-0.25, -0.2) is 4.98 Å². The van der Waals surface area contributed by atoms with Crippen molar-refractivity contribution in [1.29, 1.82) is 0 Å². The Kier molecular flexibility index (Phi) is 4.58. The molecule has 0 aliphatic rings. The number of ether oxygens (including phenoxy) is 3. The van der Waals surface area contributed by atoms with Crippen molar-refractivity contribution in [2.75, 3.05) is 21.3 Å². The summed E-state index contributed by atoms with van der Waals surface area (Å²) in [5.41, 5.74) is 1.73. The highest BCUT2D eigenvalue weighted by Gasteiger charge is 2.24. The van der Waals surface area contributed by atoms with E-state index in [2.05, 4.69) is 15.1 Å². The largest absolute Gasteiger partial charge is 0.496 e. The fraction of sp³-hybridized carbons (Fsp3) is 0.316. The molecule has 0 aliphatic carbocycles. The molecule has 0 bridgehead atoms. The predicted molar refractivity (Wildman–Crippen MR) is 112 cm³/mol. The molecule has 2 N–H and O–H groups in total. The Hall–Kier alpha value is -3.27. The lowest BCUT2D eigenvalue weighted by Gasteiger charge is -2.15. The number of benzene rings is 1. The van der Waals surface area contributed by atoms with Crippen LogP contribution in [0.15, 0.2) is 21.7 Å². The Bertz CT molecular complexity index is 1340. The first-order chi connectivity index (χ1) is 13.9. The third kappa shape index (κ3) is 2.87. The first-order valence-electron chi connectivity index (χ1n) is 8.87. The fourth-order valence-electron chi connectivity index (χ4n) is 3.42. The second kappa shape index (κ2) is 6.96. The summed E-state index contributed by atoms with van der Waals surface area (Å²) >= 11 is 0.994. The summed E-state index contributed by atoms with van der Waals surface area (Å²) in [6, 6.07) is 3.40. The Morgan fingerprint density at radius 2 is 1.69 bits per heavy atom. The molecule has 4 aromatic rings. The SMILES string of the molecule is COc1cc(OC)c(-c2c3sc(=O)[nH]c3nc3c2c(=O)[nH]n3C(C)C)cc1OC. The van der Waals surface area contributed by atoms with Gasteiger partial charge in [-0.3, -0.25) is 24.4 Å². The van der Waals surface area contributed by atoms with Crippen LogP contribution in [0.25, 0.3) is 32.5 Å². The number of aromatic nitrogens is 4. The van der Waals surface area contributed by atoms with Crippen LogP contribution < -0.4 is 24.6 Å². The van der Waals surface area contributed by atoms with Crippen LogP contribution in [-0.2, 0) is 0 Å². The highest BCUT2D eigenvalue weighted by molar-refractivity contribution is 7.17. The maximum atomic E-state index is 12.9. The summed E-state index contributed by atoms with van der Waals surface area (Å²) in [6.07, 6.45) is 0. The van der Waals surface area contributed by atoms with E-state index in [1.807, 2.05) is 13.8 Å². The normalized spacial score (nSPS) is 11.5. The molecule has 0 unspecified atom stereocenters. The summed E-state index contributed by atoms with van der Waals surface area (Å²) in [5.74, 6) is 1.45. The number of aromatic amines is 2. The van der Waals surface area contributed by atoms with Crippen molar-refractivity contribution in [2.24, 2.45) is 0 Å². The average Bonchev–Trinajstić information content (AvgIpc) is 3.24. The number of hydrogen-bond acceptors (Lipinski definition) is 7. The Morgan fingerprint density at radius 3 is 2.31 bits per heavy atom. The van der Waals surface area contributed by atoms with Crippen molar-refractivity contribution < 1.29 is 14.2 Å². The minimum Gasteiger partial charge on any atom is -0.496 e. The molecule has 4 rings (SSSR count). The zero-order valence-electron chi connectivity index (χ0n) is 16.6. The Labute approximate surface area is 168 Å². The van der Waals surface area contributed by atoms with Gasteiger partial charge in [-0.2, -0.15) is 0 Å². The second-order valence-corrected chi connectivity index (χ2v) is 7.67. The fourth-order valence-corrected chi connectivity index (χ4v) is 4.26. The number of H-pyrrole nitrogens is 2. The molecule has 0 fully saturated rings. The van der Waals surface area contributed by atoms with Gasteiger partial charge in [-0.15, -0.1) is 0 Å². The smallest absolute Gasteiger partial charge is 0.306 e. The van der Waals surface area contributed by atoms with E-state index >= 15 is 0 Å². The van der Waals surface area contributed by atoms with E-state index in [0.717, 1.165) is 11.3 Å². The molecule has 3 aromatic heterocycles. The summed E-state index contributed by atoms with van der Waals surface area (Å²) in [4.78, 5) is 32.1. The van der Waals surface area contributed by atoms with E-state index < -0.39 is 0 Å². The standard InChI is InChI=1S/C19H20N4O5S/c1-8(2)23-17-14(18(24)22-23)13(15-16(20-17)21-19(25)29-15)9-6-11(27-4)12(28-5)7-10(9)26-3/h6-8H,1-5H3,(H,22,24)(H,20,21,25). The molecule has 0 saturated heterocycles. The lowest BCUT2D eigenvalue weighted by atomic mass is 10.0. The maximum Gasteiger partial charge on any atom is 0.306 e. The van der Waals surface area contributed by atoms with Crippen molar-refractivity contribution >= 4 is 32.7 Å². The first kappa shape index (κ1) is 19.1. The van der Waals surface area contributed by atoms with Gasteiger partial charge in [-0.05, 0) is 19.9 Å². The van der Waals surface area contributed by atoms with Crippen LogP contribution in [0.2, 0.25) is 0 Å². The monoisotopic (exact) mass is 416 g/mol. The molecule has 10 heteroatoms. The van der Waals surface area contributed by atoms with Gasteiger partial charge in [-0.1, -0.05) is 11.3 Å². The molecule has 0 amide bonds. The van der Waals surface area contributed by atoms with Crippen molar-refractivity contribution in [3.63, 3.8) is 0 Å². The van der Waals surface area contributed by atoms with Gasteiger partial charge >= 0.3 is 4.87 Å². The summed E-state index contributed by atoms with van der Waals surface area (Å²) < 4.78 is 18.6. The van der Waals surface area contributed by atoms with Crippen LogP contribution in [-0.4, -0.2) is 41.1 Å². The number of thiazole rings is 1. The molecule has 152 valence electrons. The van der Waals surface area contributed by atoms with Crippen LogP contribution >= 0.6 is 11.3 Å². The van der Waals surface area contributed by atoms with Gasteiger partial charge < -0.3 is 14.2 Å². The third-order valence-corrected chi connectivity index (χ3v) is 5.61. The number of hydrogen-bond donors (Lipinski definition) is 2. The molecular weight excluding hydrogens is 396 g/mol. The van der Waals surface area contributed by atoms with Gasteiger partial charge in [0.2, 0.25) is 0 Å². The van der Waals surface area contributed by atoms with E-state index in [9.17, 15) is 9.59 Å². The Morgan fingerprint density at radius 1 is 1.03 bits per heavy atom. The molecule has 0 atom stereocenters. The molecule has 29 heavy (non-hydrogen) atoms. The van der Waals surface area contributed by atoms with Gasteiger partial charge in [0, 0.05) is 23.2 Å². The number of nitrogens with zero attached hydrogens (tertiary/aromatic N) is 2. The molecule has 0 saturated carbocycles. The highest BCUT2D eigenvalue weighted by Crippen LogP contribution is 2.44. The van der Waals surface area contributed by atoms with Gasteiger partial charge in [0.15, 0.2) is 22.8 Å². The highest BCUT2D eigenvalue weighted by atomic mass is 32.1. The van der Waals surface area contributed by atoms with Crippen LogP contribution in [0, 0.1) is 0 Å². The van der Waals surface area contributed by atoms with Crippen molar-refractivity contribution in [3.8, 4) is 28.4 Å². The quantitative estimate of drug-likeness (QED) is 0.517. The summed E-state index contributed by atoms with van der Waals surface area (Å²) in [6.45, 7) is 3.88. The number of fused-ring (bicyclic) bond motifs is 2. The molecule has 0 aliphatic heterocycles. The predicted octanol–water partition coefficient (Wildman–Crippen LogP) is 2.90. The summed E-state index contributed by atoms with van der Waals surface area (Å²) in [5, 5.41) is 3.23. The van der Waals surface area contributed by atoms with Crippen LogP contribution in [0.3, 0.4) is 0 Å². The lowest BCUT2D eigenvalue weighted by Crippen LogP contribution is -2.08. The lowest BCUT2D eigenvalue weighted by molar-refractivity contribution is 0.349. The zero-order valence-corrected chi connectivity index (χ0v) is 17.4. The van der Waals surface area contributed by atoms with Gasteiger partial charge in [0.25, 0.3) is 5.56 Å². The summed E-state index contributed by atoms with van der Waals surface area (Å²) in [7, 11) is 4.59. The van der Waals surface area contributed by atoms with Crippen molar-refractivity contribution in [2.45, 2.75) is 19.9 Å². The van der Waals surface area contributed by atoms with Crippen molar-refractivity contribution in [3.05, 3.63) is 32.2 Å². The average molecular weight is 416 g/mol. The Balaban J connectivity index is 2.23. The van der Waals surface area contributed by atoms with E-state index in [1.54, 1.807) is 16.8 Å². The van der Waals surface area contributed by atoms with E-state index in [1.165, 1.54) is 21.3 Å². The van der Waals surface area contributed by atoms with E-state index in [0.29, 0.717) is 49.8 Å². The number of pyridine rings is 1. The maximum absolute atomic E-state index is 12.9. The molecule has 0 spiro atoms. The molecule has 0 radical (unpaired) electrons. The third-order valence-electron chi connectivity index (χ3n) is 4.72. The topological polar surface area (TPSA) is 111 Å². The molecular formula is C19H20N4O5S. The first-order valence-corrected chi connectivity index (χ1v) is 9.68. The molecule has 3 heterocycles.